The van der Waals surface area contributed by atoms with Gasteiger partial charge in [-0.3, -0.25) is 14.9 Å². The number of fused-ring (bicyclic) bond motifs is 1. The molecule has 2 aromatic carbocycles. The summed E-state index contributed by atoms with van der Waals surface area (Å²) in [5.74, 6) is -0.642. The van der Waals surface area contributed by atoms with E-state index in [-0.39, 0.29) is 53.6 Å². The van der Waals surface area contributed by atoms with E-state index in [4.69, 9.17) is 18.9 Å². The first-order chi connectivity index (χ1) is 18.7. The summed E-state index contributed by atoms with van der Waals surface area (Å²) in [6.07, 6.45) is 0.903. The van der Waals surface area contributed by atoms with E-state index in [0.29, 0.717) is 35.6 Å². The van der Waals surface area contributed by atoms with Gasteiger partial charge in [0.2, 0.25) is 6.79 Å². The predicted octanol–water partition coefficient (Wildman–Crippen LogP) is 5.04. The number of dihydropyridines is 1. The smallest absolute Gasteiger partial charge is 0.337 e. The number of carbonyl (C=O) groups excluding carboxylic acids is 2. The molecule has 2 aromatic rings. The highest BCUT2D eigenvalue weighted by molar-refractivity contribution is 6.04. The maximum absolute atomic E-state index is 13.9. The van der Waals surface area contributed by atoms with Crippen LogP contribution in [0.3, 0.4) is 0 Å². The molecule has 0 aromatic heterocycles. The number of benzene rings is 2. The van der Waals surface area contributed by atoms with Gasteiger partial charge < -0.3 is 24.3 Å². The summed E-state index contributed by atoms with van der Waals surface area (Å²) in [5.41, 5.74) is 2.54. The fraction of sp³-hybridized carbons (Fsp3) is 0.379. The zero-order valence-electron chi connectivity index (χ0n) is 22.2. The molecule has 204 valence electrons. The van der Waals surface area contributed by atoms with Gasteiger partial charge in [-0.15, -0.1) is 0 Å². The molecule has 0 bridgehead atoms. The predicted molar refractivity (Wildman–Crippen MR) is 141 cm³/mol. The topological polar surface area (TPSA) is 126 Å². The van der Waals surface area contributed by atoms with Gasteiger partial charge in [0.15, 0.2) is 17.3 Å². The molecule has 1 aliphatic carbocycles. The Morgan fingerprint density at radius 2 is 1.87 bits per heavy atom. The minimum absolute atomic E-state index is 0.0731. The summed E-state index contributed by atoms with van der Waals surface area (Å²) in [5, 5.41) is 15.5. The molecule has 39 heavy (non-hydrogen) atoms. The number of carbonyl (C=O) groups is 2. The number of Topliss-reactive ketones (excluding diaryl/α,β-unsaturated/α-hetero) is 1. The molecule has 2 aliphatic heterocycles. The Labute approximate surface area is 225 Å². The van der Waals surface area contributed by atoms with Gasteiger partial charge in [-0.1, -0.05) is 19.1 Å². The summed E-state index contributed by atoms with van der Waals surface area (Å²) >= 11 is 0. The van der Waals surface area contributed by atoms with Crippen molar-refractivity contribution < 1.29 is 33.5 Å². The molecule has 2 heterocycles. The first-order valence-corrected chi connectivity index (χ1v) is 12.9. The number of nitrogens with one attached hydrogen (secondary N) is 1. The molecule has 10 nitrogen and oxygen atoms in total. The lowest BCUT2D eigenvalue weighted by Crippen LogP contribution is -2.36. The number of nitro benzene ring substituents is 1. The van der Waals surface area contributed by atoms with Crippen LogP contribution in [0.1, 0.15) is 63.0 Å². The highest BCUT2D eigenvalue weighted by Gasteiger charge is 2.44. The molecule has 0 radical (unpaired) electrons. The van der Waals surface area contributed by atoms with Crippen LogP contribution in [0.15, 0.2) is 58.9 Å². The first-order valence-electron chi connectivity index (χ1n) is 12.9. The van der Waals surface area contributed by atoms with Crippen molar-refractivity contribution in [2.24, 2.45) is 0 Å². The highest BCUT2D eigenvalue weighted by Crippen LogP contribution is 2.50. The monoisotopic (exact) mass is 534 g/mol. The zero-order valence-corrected chi connectivity index (χ0v) is 22.2. The van der Waals surface area contributed by atoms with E-state index in [2.05, 4.69) is 5.32 Å². The molecule has 0 saturated carbocycles. The third kappa shape index (κ3) is 4.82. The molecule has 0 saturated heterocycles. The summed E-state index contributed by atoms with van der Waals surface area (Å²) in [6.45, 7) is 5.32. The van der Waals surface area contributed by atoms with Gasteiger partial charge in [0.1, 0.15) is 5.75 Å². The summed E-state index contributed by atoms with van der Waals surface area (Å²) in [7, 11) is 1.59. The van der Waals surface area contributed by atoms with Gasteiger partial charge in [-0.05, 0) is 56.4 Å². The third-order valence-electron chi connectivity index (χ3n) is 7.55. The van der Waals surface area contributed by atoms with Gasteiger partial charge in [-0.2, -0.15) is 0 Å². The van der Waals surface area contributed by atoms with Crippen LogP contribution in [0.5, 0.6) is 17.2 Å². The van der Waals surface area contributed by atoms with Crippen LogP contribution in [0, 0.1) is 10.1 Å². The second-order valence-electron chi connectivity index (χ2n) is 9.94. The molecule has 10 heteroatoms. The van der Waals surface area contributed by atoms with Crippen molar-refractivity contribution in [1.82, 2.24) is 5.32 Å². The SMILES string of the molecule is CC[C@@H](C)OC(=O)C1=C(C)NC2=C(C(=O)C[C@H](c3ccc(OC)cc3)C2)[C@H]1c1cc2c(cc1[N+](=O)[O-])OCO2. The van der Waals surface area contributed by atoms with Crippen LogP contribution >= 0.6 is 0 Å². The number of nitro groups is 1. The molecule has 5 rings (SSSR count). The van der Waals surface area contributed by atoms with Crippen LogP contribution in [0.4, 0.5) is 5.69 Å². The molecule has 3 atom stereocenters. The van der Waals surface area contributed by atoms with Crippen molar-refractivity contribution >= 4 is 17.4 Å². The highest BCUT2D eigenvalue weighted by atomic mass is 16.7. The van der Waals surface area contributed by atoms with E-state index in [9.17, 15) is 19.7 Å². The molecule has 0 unspecified atom stereocenters. The fourth-order valence-electron chi connectivity index (χ4n) is 5.40. The van der Waals surface area contributed by atoms with Crippen molar-refractivity contribution in [2.45, 2.75) is 58.0 Å². The lowest BCUT2D eigenvalue weighted by atomic mass is 9.71. The number of nitrogens with zero attached hydrogens (tertiary/aromatic N) is 1. The van der Waals surface area contributed by atoms with Gasteiger partial charge in [0, 0.05) is 29.0 Å². The quantitative estimate of drug-likeness (QED) is 0.295. The summed E-state index contributed by atoms with van der Waals surface area (Å²) < 4.78 is 21.8. The molecule has 0 spiro atoms. The Morgan fingerprint density at radius 3 is 2.51 bits per heavy atom. The Balaban J connectivity index is 1.64. The Hall–Kier alpha value is -4.34. The maximum Gasteiger partial charge on any atom is 0.337 e. The Bertz CT molecular complexity index is 1410. The number of hydrogen-bond acceptors (Lipinski definition) is 9. The standard InChI is InChI=1S/C29H30N2O8/c1-5-15(2)39-29(33)26-16(3)30-21-10-18(17-6-8-19(36-4)9-7-17)11-23(32)28(21)27(26)20-12-24-25(38-14-37-24)13-22(20)31(34)35/h6-9,12-13,15,18,27,30H,5,10-11,14H2,1-4H3/t15-,18-,27+/m1/s1. The number of rotatable bonds is 7. The van der Waals surface area contributed by atoms with Crippen molar-refractivity contribution in [3.8, 4) is 17.2 Å². The largest absolute Gasteiger partial charge is 0.497 e. The normalized spacial score (nSPS) is 20.8. The lowest BCUT2D eigenvalue weighted by molar-refractivity contribution is -0.385. The van der Waals surface area contributed by atoms with Gasteiger partial charge in [0.05, 0.1) is 35.7 Å². The molecule has 3 aliphatic rings. The number of allylic oxidation sites excluding steroid dienone is 3. The Morgan fingerprint density at radius 1 is 1.18 bits per heavy atom. The second-order valence-corrected chi connectivity index (χ2v) is 9.94. The summed E-state index contributed by atoms with van der Waals surface area (Å²) in [6, 6.07) is 10.4. The summed E-state index contributed by atoms with van der Waals surface area (Å²) in [4.78, 5) is 39.1. The minimum atomic E-state index is -1.00. The van der Waals surface area contributed by atoms with Crippen LogP contribution < -0.4 is 19.5 Å². The third-order valence-corrected chi connectivity index (χ3v) is 7.55. The molecular formula is C29H30N2O8. The van der Waals surface area contributed by atoms with E-state index < -0.39 is 16.8 Å². The van der Waals surface area contributed by atoms with Crippen LogP contribution in [0.25, 0.3) is 0 Å². The fourth-order valence-corrected chi connectivity index (χ4v) is 5.40. The van der Waals surface area contributed by atoms with E-state index in [1.54, 1.807) is 21.0 Å². The van der Waals surface area contributed by atoms with E-state index >= 15 is 0 Å². The Kier molecular flexibility index (Phi) is 7.03. The van der Waals surface area contributed by atoms with Crippen molar-refractivity contribution in [1.29, 1.82) is 0 Å². The zero-order chi connectivity index (χ0) is 27.8. The number of methoxy groups -OCH3 is 1. The van der Waals surface area contributed by atoms with Crippen LogP contribution in [0.2, 0.25) is 0 Å². The van der Waals surface area contributed by atoms with Crippen molar-refractivity contribution in [2.75, 3.05) is 13.9 Å². The molecular weight excluding hydrogens is 504 g/mol. The van der Waals surface area contributed by atoms with E-state index in [0.717, 1.165) is 11.3 Å². The van der Waals surface area contributed by atoms with E-state index in [1.165, 1.54) is 12.1 Å². The molecule has 1 N–H and O–H groups in total. The second kappa shape index (κ2) is 10.4. The number of ketones is 1. The van der Waals surface area contributed by atoms with Crippen LogP contribution in [-0.2, 0) is 14.3 Å². The van der Waals surface area contributed by atoms with Gasteiger partial charge in [-0.25, -0.2) is 4.79 Å². The van der Waals surface area contributed by atoms with Crippen LogP contribution in [-0.4, -0.2) is 36.7 Å². The van der Waals surface area contributed by atoms with Crippen molar-refractivity contribution in [3.05, 3.63) is 80.2 Å². The number of hydrogen-bond donors (Lipinski definition) is 1. The average molecular weight is 535 g/mol. The maximum atomic E-state index is 13.9. The van der Waals surface area contributed by atoms with Gasteiger partial charge >= 0.3 is 5.97 Å². The van der Waals surface area contributed by atoms with Crippen molar-refractivity contribution in [3.63, 3.8) is 0 Å². The van der Waals surface area contributed by atoms with Gasteiger partial charge in [0.25, 0.3) is 5.69 Å². The number of ether oxygens (including phenoxy) is 4. The molecule has 0 amide bonds. The first kappa shape index (κ1) is 26.3. The van der Waals surface area contributed by atoms with E-state index in [1.807, 2.05) is 31.2 Å². The average Bonchev–Trinajstić information content (AvgIpc) is 3.39. The molecule has 0 fully saturated rings. The number of esters is 1. The minimum Gasteiger partial charge on any atom is -0.497 e. The lowest BCUT2D eigenvalue weighted by Gasteiger charge is -2.36.